The lowest BCUT2D eigenvalue weighted by Gasteiger charge is -2.17. The van der Waals surface area contributed by atoms with Crippen molar-refractivity contribution in [2.24, 2.45) is 0 Å². The summed E-state index contributed by atoms with van der Waals surface area (Å²) in [7, 11) is 1.42. The molecular weight excluding hydrogens is 288 g/mol. The molecule has 2 aromatic rings. The van der Waals surface area contributed by atoms with Gasteiger partial charge in [-0.2, -0.15) is 0 Å². The van der Waals surface area contributed by atoms with Crippen molar-refractivity contribution >= 4 is 5.97 Å². The van der Waals surface area contributed by atoms with Crippen LogP contribution in [0.4, 0.5) is 0 Å². The summed E-state index contributed by atoms with van der Waals surface area (Å²) in [6.45, 7) is 2.15. The molecule has 1 aliphatic carbocycles. The van der Waals surface area contributed by atoms with Gasteiger partial charge in [-0.25, -0.2) is 0 Å². The number of benzene rings is 2. The molecule has 1 aliphatic rings. The van der Waals surface area contributed by atoms with E-state index >= 15 is 0 Å². The van der Waals surface area contributed by atoms with Crippen LogP contribution in [-0.4, -0.2) is 13.1 Å². The van der Waals surface area contributed by atoms with Crippen molar-refractivity contribution in [1.29, 1.82) is 0 Å². The molecule has 23 heavy (non-hydrogen) atoms. The minimum absolute atomic E-state index is 0.145. The van der Waals surface area contributed by atoms with Gasteiger partial charge in [-0.3, -0.25) is 4.79 Å². The molecule has 0 aliphatic heterocycles. The van der Waals surface area contributed by atoms with Crippen molar-refractivity contribution in [2.75, 3.05) is 7.11 Å². The Morgan fingerprint density at radius 1 is 1.17 bits per heavy atom. The maximum absolute atomic E-state index is 11.2. The normalized spacial score (nSPS) is 16.0. The van der Waals surface area contributed by atoms with E-state index in [1.807, 2.05) is 24.3 Å². The molecule has 1 unspecified atom stereocenters. The molecule has 0 aromatic heterocycles. The van der Waals surface area contributed by atoms with E-state index in [0.29, 0.717) is 12.8 Å². The lowest BCUT2D eigenvalue weighted by atomic mass is 10.0. The molecule has 0 spiro atoms. The van der Waals surface area contributed by atoms with Crippen molar-refractivity contribution in [3.63, 3.8) is 0 Å². The Labute approximate surface area is 137 Å². The molecule has 0 N–H and O–H groups in total. The lowest BCUT2D eigenvalue weighted by molar-refractivity contribution is -0.140. The summed E-state index contributed by atoms with van der Waals surface area (Å²) in [6, 6.07) is 14.5. The average molecular weight is 310 g/mol. The summed E-state index contributed by atoms with van der Waals surface area (Å²) in [5.74, 6) is 0.705. The van der Waals surface area contributed by atoms with Crippen LogP contribution in [0.1, 0.15) is 41.2 Å². The largest absolute Gasteiger partial charge is 0.486 e. The quantitative estimate of drug-likeness (QED) is 0.778. The number of methoxy groups -OCH3 is 1. The fraction of sp³-hybridized carbons (Fsp3) is 0.350. The number of rotatable bonds is 5. The predicted octanol–water partition coefficient (Wildman–Crippen LogP) is 4.17. The first kappa shape index (κ1) is 15.6. The second kappa shape index (κ2) is 6.86. The Kier molecular flexibility index (Phi) is 4.65. The highest BCUT2D eigenvalue weighted by Crippen LogP contribution is 2.36. The van der Waals surface area contributed by atoms with E-state index in [1.165, 1.54) is 23.8 Å². The zero-order chi connectivity index (χ0) is 16.2. The van der Waals surface area contributed by atoms with Gasteiger partial charge in [0.15, 0.2) is 0 Å². The number of hydrogen-bond acceptors (Lipinski definition) is 3. The van der Waals surface area contributed by atoms with Crippen LogP contribution in [0, 0.1) is 6.92 Å². The highest BCUT2D eigenvalue weighted by Gasteiger charge is 2.25. The molecule has 0 radical (unpaired) electrons. The number of fused-ring (bicyclic) bond motifs is 1. The lowest BCUT2D eigenvalue weighted by Crippen LogP contribution is -2.05. The summed E-state index contributed by atoms with van der Waals surface area (Å²) < 4.78 is 10.9. The second-order valence-electron chi connectivity index (χ2n) is 6.01. The van der Waals surface area contributed by atoms with Crippen LogP contribution in [-0.2, 0) is 22.4 Å². The fourth-order valence-electron chi connectivity index (χ4n) is 3.22. The van der Waals surface area contributed by atoms with Gasteiger partial charge in [-0.15, -0.1) is 0 Å². The van der Waals surface area contributed by atoms with Crippen molar-refractivity contribution in [1.82, 2.24) is 0 Å². The standard InChI is InChI=1S/C20H22O3/c1-14-4-3-5-16-9-12-18(20(14)16)23-17-10-6-15(7-11-17)8-13-19(21)22-2/h3-7,10-11,18H,8-9,12-13H2,1-2H3. The summed E-state index contributed by atoms with van der Waals surface area (Å²) >= 11 is 0. The van der Waals surface area contributed by atoms with Crippen molar-refractivity contribution in [2.45, 2.75) is 38.7 Å². The van der Waals surface area contributed by atoms with Gasteiger partial charge in [-0.1, -0.05) is 30.3 Å². The molecule has 3 rings (SSSR count). The van der Waals surface area contributed by atoms with Crippen LogP contribution < -0.4 is 4.74 Å². The smallest absolute Gasteiger partial charge is 0.305 e. The Balaban J connectivity index is 1.65. The van der Waals surface area contributed by atoms with Crippen molar-refractivity contribution in [3.05, 3.63) is 64.7 Å². The minimum Gasteiger partial charge on any atom is -0.486 e. The molecule has 0 saturated carbocycles. The van der Waals surface area contributed by atoms with Gasteiger partial charge >= 0.3 is 5.97 Å². The number of carbonyl (C=O) groups is 1. The highest BCUT2D eigenvalue weighted by molar-refractivity contribution is 5.69. The number of esters is 1. The van der Waals surface area contributed by atoms with E-state index in [2.05, 4.69) is 29.9 Å². The first-order valence-corrected chi connectivity index (χ1v) is 8.08. The highest BCUT2D eigenvalue weighted by atomic mass is 16.5. The van der Waals surface area contributed by atoms with Gasteiger partial charge < -0.3 is 9.47 Å². The van der Waals surface area contributed by atoms with E-state index < -0.39 is 0 Å². The summed E-state index contributed by atoms with van der Waals surface area (Å²) in [5.41, 5.74) is 5.18. The average Bonchev–Trinajstić information content (AvgIpc) is 2.98. The summed E-state index contributed by atoms with van der Waals surface area (Å²) in [6.07, 6.45) is 3.36. The third-order valence-electron chi connectivity index (χ3n) is 4.46. The summed E-state index contributed by atoms with van der Waals surface area (Å²) in [4.78, 5) is 11.2. The minimum atomic E-state index is -0.177. The molecule has 120 valence electrons. The Morgan fingerprint density at radius 2 is 1.96 bits per heavy atom. The number of carbonyl (C=O) groups excluding carboxylic acids is 1. The van der Waals surface area contributed by atoms with Crippen LogP contribution >= 0.6 is 0 Å². The molecule has 0 heterocycles. The van der Waals surface area contributed by atoms with E-state index in [4.69, 9.17) is 4.74 Å². The Bertz CT molecular complexity index is 689. The SMILES string of the molecule is COC(=O)CCc1ccc(OC2CCc3cccc(C)c32)cc1. The fourth-order valence-corrected chi connectivity index (χ4v) is 3.22. The first-order valence-electron chi connectivity index (χ1n) is 8.08. The van der Waals surface area contributed by atoms with Crippen molar-refractivity contribution < 1.29 is 14.3 Å². The first-order chi connectivity index (χ1) is 11.2. The number of ether oxygens (including phenoxy) is 2. The van der Waals surface area contributed by atoms with Gasteiger partial charge in [0.25, 0.3) is 0 Å². The van der Waals surface area contributed by atoms with Crippen LogP contribution in [0.3, 0.4) is 0 Å². The summed E-state index contributed by atoms with van der Waals surface area (Å²) in [5, 5.41) is 0. The molecule has 0 bridgehead atoms. The molecule has 0 fully saturated rings. The van der Waals surface area contributed by atoms with E-state index in [-0.39, 0.29) is 12.1 Å². The van der Waals surface area contributed by atoms with Crippen LogP contribution in [0.15, 0.2) is 42.5 Å². The van der Waals surface area contributed by atoms with Crippen molar-refractivity contribution in [3.8, 4) is 5.75 Å². The van der Waals surface area contributed by atoms with Gasteiger partial charge in [0.05, 0.1) is 7.11 Å². The zero-order valence-electron chi connectivity index (χ0n) is 13.7. The van der Waals surface area contributed by atoms with Crippen LogP contribution in [0.5, 0.6) is 5.75 Å². The molecule has 1 atom stereocenters. The monoisotopic (exact) mass is 310 g/mol. The molecule has 3 heteroatoms. The van der Waals surface area contributed by atoms with Crippen LogP contribution in [0.25, 0.3) is 0 Å². The molecule has 0 saturated heterocycles. The van der Waals surface area contributed by atoms with E-state index in [1.54, 1.807) is 0 Å². The van der Waals surface area contributed by atoms with Gasteiger partial charge in [0.1, 0.15) is 11.9 Å². The molecule has 3 nitrogen and oxygen atoms in total. The second-order valence-corrected chi connectivity index (χ2v) is 6.01. The van der Waals surface area contributed by atoms with Gasteiger partial charge in [0.2, 0.25) is 0 Å². The Morgan fingerprint density at radius 3 is 2.70 bits per heavy atom. The maximum atomic E-state index is 11.2. The zero-order valence-corrected chi connectivity index (χ0v) is 13.7. The molecular formula is C20H22O3. The topological polar surface area (TPSA) is 35.5 Å². The third kappa shape index (κ3) is 3.55. The van der Waals surface area contributed by atoms with E-state index in [9.17, 15) is 4.79 Å². The van der Waals surface area contributed by atoms with E-state index in [0.717, 1.165) is 24.2 Å². The number of aryl methyl sites for hydroxylation is 3. The Hall–Kier alpha value is -2.29. The predicted molar refractivity (Wildman–Crippen MR) is 89.6 cm³/mol. The van der Waals surface area contributed by atoms with Gasteiger partial charge in [-0.05, 0) is 60.6 Å². The number of hydrogen-bond donors (Lipinski definition) is 0. The maximum Gasteiger partial charge on any atom is 0.305 e. The van der Waals surface area contributed by atoms with Crippen LogP contribution in [0.2, 0.25) is 0 Å². The molecule has 2 aromatic carbocycles. The van der Waals surface area contributed by atoms with Gasteiger partial charge in [0, 0.05) is 6.42 Å². The molecule has 0 amide bonds. The third-order valence-corrected chi connectivity index (χ3v) is 4.46.